The van der Waals surface area contributed by atoms with Crippen LogP contribution in [-0.4, -0.2) is 85.8 Å². The molecule has 0 bridgehead atoms. The summed E-state index contributed by atoms with van der Waals surface area (Å²) < 4.78 is 127. The molecular formula is C26H32F9N3O3. The Hall–Kier alpha value is -2.42. The lowest BCUT2D eigenvalue weighted by Gasteiger charge is -2.39. The quantitative estimate of drug-likeness (QED) is 0.381. The summed E-state index contributed by atoms with van der Waals surface area (Å²) in [5, 5.41) is 0. The minimum atomic E-state index is -5.79. The molecule has 15 heteroatoms. The molecule has 0 unspecified atom stereocenters. The number of nitrogens with zero attached hydrogens (tertiary/aromatic N) is 3. The van der Waals surface area contributed by atoms with Crippen molar-refractivity contribution < 1.29 is 53.8 Å². The highest BCUT2D eigenvalue weighted by Crippen LogP contribution is 2.49. The van der Waals surface area contributed by atoms with Crippen LogP contribution in [0.2, 0.25) is 0 Å². The zero-order valence-corrected chi connectivity index (χ0v) is 22.6. The summed E-state index contributed by atoms with van der Waals surface area (Å²) >= 11 is 0. The van der Waals surface area contributed by atoms with E-state index in [0.29, 0.717) is 69.9 Å². The summed E-state index contributed by atoms with van der Waals surface area (Å²) in [5.41, 5.74) is -0.362. The lowest BCUT2D eigenvalue weighted by Crippen LogP contribution is -2.50. The first kappa shape index (κ1) is 31.5. The Kier molecular flexibility index (Phi) is 8.46. The molecule has 41 heavy (non-hydrogen) atoms. The van der Waals surface area contributed by atoms with E-state index in [9.17, 15) is 44.3 Å². The van der Waals surface area contributed by atoms with Crippen LogP contribution in [0, 0.1) is 5.41 Å². The number of carbonyl (C=O) groups is 1. The molecule has 3 aliphatic rings. The number of benzene rings is 1. The van der Waals surface area contributed by atoms with Crippen molar-refractivity contribution in [1.82, 2.24) is 9.80 Å². The minimum absolute atomic E-state index is 0.0789. The summed E-state index contributed by atoms with van der Waals surface area (Å²) in [6.45, 7) is 6.31. The first-order valence-electron chi connectivity index (χ1n) is 13.2. The van der Waals surface area contributed by atoms with E-state index in [1.807, 2.05) is 18.7 Å². The van der Waals surface area contributed by atoms with Gasteiger partial charge in [0.05, 0.1) is 18.8 Å². The first-order chi connectivity index (χ1) is 18.8. The summed E-state index contributed by atoms with van der Waals surface area (Å²) in [4.78, 5) is 17.1. The van der Waals surface area contributed by atoms with Gasteiger partial charge in [-0.2, -0.15) is 39.5 Å². The molecule has 1 aromatic carbocycles. The number of hydrogen-bond donors (Lipinski definition) is 0. The fourth-order valence-corrected chi connectivity index (χ4v) is 6.15. The second-order valence-electron chi connectivity index (χ2n) is 11.6. The molecule has 1 spiro atoms. The SMILES string of the molecule is CC1(C)CC2(CCN(C(=O)OC(C(F)(F)F)C(F)(F)F)CC2)CN1Cc1ccc(C(F)(F)F)cc1N1CCOCC1. The van der Waals surface area contributed by atoms with Crippen molar-refractivity contribution in [3.05, 3.63) is 29.3 Å². The summed E-state index contributed by atoms with van der Waals surface area (Å²) in [6, 6.07) is 3.68. The number of likely N-dealkylation sites (tertiary alicyclic amines) is 2. The maximum atomic E-state index is 13.5. The predicted molar refractivity (Wildman–Crippen MR) is 129 cm³/mol. The lowest BCUT2D eigenvalue weighted by atomic mass is 9.74. The standard InChI is InChI=1S/C26H32F9N3O3/c1-22(2)15-23(5-7-37(8-6-23)21(39)41-20(25(30,31)32)26(33,34)35)16-38(22)14-17-3-4-18(24(27,28)29)13-19(17)36-9-11-40-12-10-36/h3-4,13,20H,5-12,14-16H2,1-2H3. The van der Waals surface area contributed by atoms with Crippen molar-refractivity contribution >= 4 is 11.8 Å². The summed E-state index contributed by atoms with van der Waals surface area (Å²) in [5.74, 6) is 0. The summed E-state index contributed by atoms with van der Waals surface area (Å²) in [6.07, 6.45) is -20.7. The Bertz CT molecular complexity index is 1080. The smallest absolute Gasteiger partial charge is 0.426 e. The highest BCUT2D eigenvalue weighted by molar-refractivity contribution is 5.68. The molecule has 3 heterocycles. The largest absolute Gasteiger partial charge is 0.434 e. The molecule has 232 valence electrons. The Morgan fingerprint density at radius 3 is 2.07 bits per heavy atom. The summed E-state index contributed by atoms with van der Waals surface area (Å²) in [7, 11) is 0. The van der Waals surface area contributed by atoms with Gasteiger partial charge in [0.25, 0.3) is 6.10 Å². The third kappa shape index (κ3) is 7.15. The third-order valence-electron chi connectivity index (χ3n) is 8.21. The van der Waals surface area contributed by atoms with Crippen LogP contribution in [0.25, 0.3) is 0 Å². The van der Waals surface area contributed by atoms with Crippen LogP contribution in [0.15, 0.2) is 18.2 Å². The van der Waals surface area contributed by atoms with Gasteiger partial charge in [0.1, 0.15) is 0 Å². The predicted octanol–water partition coefficient (Wildman–Crippen LogP) is 6.24. The van der Waals surface area contributed by atoms with Crippen LogP contribution in [0.5, 0.6) is 0 Å². The molecule has 1 aromatic rings. The maximum Gasteiger partial charge on any atom is 0.434 e. The molecule has 0 saturated carbocycles. The van der Waals surface area contributed by atoms with Crippen molar-refractivity contribution in [3.63, 3.8) is 0 Å². The molecule has 6 nitrogen and oxygen atoms in total. The molecular weight excluding hydrogens is 573 g/mol. The average molecular weight is 606 g/mol. The van der Waals surface area contributed by atoms with Gasteiger partial charge >= 0.3 is 24.6 Å². The number of rotatable bonds is 4. The lowest BCUT2D eigenvalue weighted by molar-refractivity contribution is -0.308. The second-order valence-corrected chi connectivity index (χ2v) is 11.6. The van der Waals surface area contributed by atoms with Crippen molar-refractivity contribution in [2.45, 2.75) is 69.8 Å². The van der Waals surface area contributed by atoms with E-state index in [-0.39, 0.29) is 18.5 Å². The van der Waals surface area contributed by atoms with Gasteiger partial charge in [-0.05, 0) is 56.2 Å². The van der Waals surface area contributed by atoms with E-state index >= 15 is 0 Å². The number of halogens is 9. The fourth-order valence-electron chi connectivity index (χ4n) is 6.15. The third-order valence-corrected chi connectivity index (χ3v) is 8.21. The number of hydrogen-bond acceptors (Lipinski definition) is 5. The van der Waals surface area contributed by atoms with E-state index in [0.717, 1.165) is 17.0 Å². The maximum absolute atomic E-state index is 13.5. The number of piperidine rings is 1. The van der Waals surface area contributed by atoms with Crippen LogP contribution in [-0.2, 0) is 22.2 Å². The number of anilines is 1. The van der Waals surface area contributed by atoms with Gasteiger partial charge < -0.3 is 19.3 Å². The van der Waals surface area contributed by atoms with Crippen molar-refractivity contribution in [1.29, 1.82) is 0 Å². The second kappa shape index (κ2) is 11.0. The molecule has 0 atom stereocenters. The molecule has 1 amide bonds. The normalized spacial score (nSPS) is 22.0. The van der Waals surface area contributed by atoms with Crippen LogP contribution < -0.4 is 4.90 Å². The van der Waals surface area contributed by atoms with Gasteiger partial charge in [0.15, 0.2) is 0 Å². The Morgan fingerprint density at radius 1 is 0.951 bits per heavy atom. The van der Waals surface area contributed by atoms with E-state index < -0.39 is 41.8 Å². The van der Waals surface area contributed by atoms with Gasteiger partial charge in [-0.1, -0.05) is 6.07 Å². The van der Waals surface area contributed by atoms with Crippen LogP contribution in [0.3, 0.4) is 0 Å². The molecule has 0 aromatic heterocycles. The first-order valence-corrected chi connectivity index (χ1v) is 13.2. The molecule has 3 fully saturated rings. The zero-order chi connectivity index (χ0) is 30.4. The molecule has 4 rings (SSSR count). The number of amides is 1. The topological polar surface area (TPSA) is 45.2 Å². The van der Waals surface area contributed by atoms with Gasteiger partial charge in [-0.15, -0.1) is 0 Å². The Balaban J connectivity index is 1.46. The van der Waals surface area contributed by atoms with E-state index in [1.54, 1.807) is 0 Å². The van der Waals surface area contributed by atoms with Gasteiger partial charge in [0.2, 0.25) is 0 Å². The Morgan fingerprint density at radius 2 is 1.54 bits per heavy atom. The van der Waals surface area contributed by atoms with Gasteiger partial charge in [0, 0.05) is 50.5 Å². The fraction of sp³-hybridized carbons (Fsp3) is 0.731. The molecule has 0 N–H and O–H groups in total. The van der Waals surface area contributed by atoms with Crippen LogP contribution in [0.4, 0.5) is 50.0 Å². The number of alkyl halides is 9. The Labute approximate surface area is 231 Å². The molecule has 0 aliphatic carbocycles. The van der Waals surface area contributed by atoms with Crippen molar-refractivity contribution in [3.8, 4) is 0 Å². The highest BCUT2D eigenvalue weighted by Gasteiger charge is 2.60. The number of ether oxygens (including phenoxy) is 2. The zero-order valence-electron chi connectivity index (χ0n) is 22.6. The molecule has 3 aliphatic heterocycles. The molecule has 0 radical (unpaired) electrons. The molecule has 3 saturated heterocycles. The minimum Gasteiger partial charge on any atom is -0.426 e. The van der Waals surface area contributed by atoms with Gasteiger partial charge in [-0.25, -0.2) is 4.79 Å². The average Bonchev–Trinajstić information content (AvgIpc) is 3.10. The number of carbonyl (C=O) groups excluding carboxylic acids is 1. The van der Waals surface area contributed by atoms with Crippen molar-refractivity contribution in [2.24, 2.45) is 5.41 Å². The van der Waals surface area contributed by atoms with E-state index in [1.165, 1.54) is 6.07 Å². The van der Waals surface area contributed by atoms with Gasteiger partial charge in [-0.3, -0.25) is 4.90 Å². The highest BCUT2D eigenvalue weighted by atomic mass is 19.4. The van der Waals surface area contributed by atoms with E-state index in [2.05, 4.69) is 9.64 Å². The number of morpholine rings is 1. The monoisotopic (exact) mass is 605 g/mol. The van der Waals surface area contributed by atoms with Crippen LogP contribution in [0.1, 0.15) is 44.2 Å². The van der Waals surface area contributed by atoms with Crippen LogP contribution >= 0.6 is 0 Å². The van der Waals surface area contributed by atoms with Crippen molar-refractivity contribution in [2.75, 3.05) is 50.8 Å². The van der Waals surface area contributed by atoms with E-state index in [4.69, 9.17) is 4.74 Å².